The topological polar surface area (TPSA) is 52.3 Å². The number of anilines is 1. The van der Waals surface area contributed by atoms with Crippen LogP contribution in [0.2, 0.25) is 0 Å². The van der Waals surface area contributed by atoms with E-state index in [1.165, 1.54) is 0 Å². The maximum atomic E-state index is 12.2. The Hall–Kier alpha value is -1.81. The third kappa shape index (κ3) is 3.58. The normalized spacial score (nSPS) is 12.1. The number of nitrogens with two attached hydrogens (primary N) is 1. The molecule has 4 heteroatoms. The van der Waals surface area contributed by atoms with Gasteiger partial charge in [0.15, 0.2) is 0 Å². The summed E-state index contributed by atoms with van der Waals surface area (Å²) < 4.78 is 17.3. The molecule has 0 heterocycles. The van der Waals surface area contributed by atoms with Crippen LogP contribution < -0.4 is 10.5 Å². The zero-order chi connectivity index (χ0) is 13.7. The van der Waals surface area contributed by atoms with E-state index in [0.717, 1.165) is 22.6 Å². The van der Waals surface area contributed by atoms with Gasteiger partial charge in [-0.25, -0.2) is 0 Å². The van der Waals surface area contributed by atoms with Gasteiger partial charge in [0.1, 0.15) is 5.75 Å². The molecule has 1 unspecified atom stereocenters. The van der Waals surface area contributed by atoms with Gasteiger partial charge in [0.2, 0.25) is 0 Å². The molecule has 0 spiro atoms. The molecule has 0 aromatic heterocycles. The first-order valence-corrected chi connectivity index (χ1v) is 7.38. The van der Waals surface area contributed by atoms with Gasteiger partial charge in [-0.1, -0.05) is 24.3 Å². The first-order valence-electron chi connectivity index (χ1n) is 6.06. The lowest BCUT2D eigenvalue weighted by atomic mass is 10.2. The van der Waals surface area contributed by atoms with Gasteiger partial charge in [-0.05, 0) is 36.2 Å². The molecule has 1 atom stereocenters. The van der Waals surface area contributed by atoms with E-state index in [2.05, 4.69) is 0 Å². The molecule has 0 aliphatic heterocycles. The van der Waals surface area contributed by atoms with E-state index < -0.39 is 10.8 Å². The van der Waals surface area contributed by atoms with E-state index in [-0.39, 0.29) is 0 Å². The Balaban J connectivity index is 1.98. The molecule has 0 aliphatic carbocycles. The zero-order valence-corrected chi connectivity index (χ0v) is 11.7. The van der Waals surface area contributed by atoms with Crippen molar-refractivity contribution in [1.29, 1.82) is 0 Å². The van der Waals surface area contributed by atoms with Gasteiger partial charge in [0, 0.05) is 11.4 Å². The molecule has 0 amide bonds. The summed E-state index contributed by atoms with van der Waals surface area (Å²) in [6, 6.07) is 15.1. The average Bonchev–Trinajstić information content (AvgIpc) is 2.46. The molecule has 2 rings (SSSR count). The molecule has 2 aromatic rings. The third-order valence-corrected chi connectivity index (χ3v) is 4.34. The number of aryl methyl sites for hydroxylation is 1. The van der Waals surface area contributed by atoms with Gasteiger partial charge in [0.25, 0.3) is 0 Å². The molecule has 0 aliphatic rings. The Labute approximate surface area is 115 Å². The summed E-state index contributed by atoms with van der Waals surface area (Å²) in [5, 5.41) is 0. The van der Waals surface area contributed by atoms with E-state index in [9.17, 15) is 4.21 Å². The number of ether oxygens (including phenoxy) is 1. The van der Waals surface area contributed by atoms with E-state index >= 15 is 0 Å². The van der Waals surface area contributed by atoms with Crippen LogP contribution in [0.5, 0.6) is 5.75 Å². The number of para-hydroxylation sites is 1. The first-order chi connectivity index (χ1) is 9.20. The van der Waals surface area contributed by atoms with Crippen LogP contribution in [-0.4, -0.2) is 17.1 Å². The van der Waals surface area contributed by atoms with Gasteiger partial charge >= 0.3 is 0 Å². The van der Waals surface area contributed by atoms with Crippen LogP contribution in [0.4, 0.5) is 5.69 Å². The number of methoxy groups -OCH3 is 1. The van der Waals surface area contributed by atoms with Crippen molar-refractivity contribution in [3.05, 3.63) is 54.1 Å². The molecule has 0 saturated heterocycles. The molecule has 2 aromatic carbocycles. The Morgan fingerprint density at radius 1 is 1.11 bits per heavy atom. The molecular formula is C15H17NO2S. The predicted molar refractivity (Wildman–Crippen MR) is 78.8 cm³/mol. The van der Waals surface area contributed by atoms with Crippen molar-refractivity contribution in [2.45, 2.75) is 11.3 Å². The van der Waals surface area contributed by atoms with Crippen molar-refractivity contribution in [3.8, 4) is 5.75 Å². The summed E-state index contributed by atoms with van der Waals surface area (Å²) in [6.45, 7) is 0. The van der Waals surface area contributed by atoms with Gasteiger partial charge in [-0.3, -0.25) is 4.21 Å². The molecule has 0 saturated carbocycles. The largest absolute Gasteiger partial charge is 0.497 e. The minimum atomic E-state index is -1.06. The highest BCUT2D eigenvalue weighted by atomic mass is 32.2. The first kappa shape index (κ1) is 13.6. The molecule has 2 N–H and O–H groups in total. The monoisotopic (exact) mass is 275 g/mol. The maximum absolute atomic E-state index is 12.2. The number of hydrogen-bond acceptors (Lipinski definition) is 3. The fourth-order valence-corrected chi connectivity index (χ4v) is 3.00. The lowest BCUT2D eigenvalue weighted by Gasteiger charge is -2.06. The van der Waals surface area contributed by atoms with Crippen molar-refractivity contribution >= 4 is 16.5 Å². The Bertz CT molecular complexity index is 567. The fourth-order valence-electron chi connectivity index (χ4n) is 1.80. The van der Waals surface area contributed by atoms with Crippen molar-refractivity contribution in [2.24, 2.45) is 0 Å². The predicted octanol–water partition coefficient (Wildman–Crippen LogP) is 2.63. The minimum absolute atomic E-state index is 0.570. The van der Waals surface area contributed by atoms with Gasteiger partial charge in [-0.15, -0.1) is 0 Å². The third-order valence-electron chi connectivity index (χ3n) is 2.90. The summed E-state index contributed by atoms with van der Waals surface area (Å²) in [4.78, 5) is 0.719. The fraction of sp³-hybridized carbons (Fsp3) is 0.200. The summed E-state index contributed by atoms with van der Waals surface area (Å²) >= 11 is 0. The van der Waals surface area contributed by atoms with Gasteiger partial charge < -0.3 is 10.5 Å². The molecular weight excluding hydrogens is 258 g/mol. The number of rotatable bonds is 5. The Kier molecular flexibility index (Phi) is 4.58. The Morgan fingerprint density at radius 3 is 2.42 bits per heavy atom. The van der Waals surface area contributed by atoms with E-state index in [1.54, 1.807) is 13.2 Å². The lowest BCUT2D eigenvalue weighted by molar-refractivity contribution is 0.414. The van der Waals surface area contributed by atoms with E-state index in [0.29, 0.717) is 11.4 Å². The van der Waals surface area contributed by atoms with Gasteiger partial charge in [-0.2, -0.15) is 0 Å². The van der Waals surface area contributed by atoms with Gasteiger partial charge in [0.05, 0.1) is 22.8 Å². The molecule has 3 nitrogen and oxygen atoms in total. The van der Waals surface area contributed by atoms with Crippen LogP contribution in [0.1, 0.15) is 5.56 Å². The second-order valence-electron chi connectivity index (χ2n) is 4.19. The highest BCUT2D eigenvalue weighted by Crippen LogP contribution is 2.17. The summed E-state index contributed by atoms with van der Waals surface area (Å²) in [7, 11) is 0.582. The molecule has 0 radical (unpaired) electrons. The second kappa shape index (κ2) is 6.38. The van der Waals surface area contributed by atoms with Crippen molar-refractivity contribution < 1.29 is 8.95 Å². The Morgan fingerprint density at radius 2 is 1.79 bits per heavy atom. The standard InChI is InChI=1S/C15H17NO2S/c1-18-13-8-6-12(7-9-13)10-11-19(17)15-5-3-2-4-14(15)16/h2-9H,10-11,16H2,1H3. The van der Waals surface area contributed by atoms with Crippen LogP contribution >= 0.6 is 0 Å². The summed E-state index contributed by atoms with van der Waals surface area (Å²) in [5.74, 6) is 1.40. The van der Waals surface area contributed by atoms with Crippen molar-refractivity contribution in [1.82, 2.24) is 0 Å². The maximum Gasteiger partial charge on any atom is 0.118 e. The van der Waals surface area contributed by atoms with Crippen LogP contribution in [0.25, 0.3) is 0 Å². The zero-order valence-electron chi connectivity index (χ0n) is 10.8. The molecule has 100 valence electrons. The smallest absolute Gasteiger partial charge is 0.118 e. The van der Waals surface area contributed by atoms with E-state index in [1.807, 2.05) is 42.5 Å². The highest BCUT2D eigenvalue weighted by molar-refractivity contribution is 7.85. The lowest BCUT2D eigenvalue weighted by Crippen LogP contribution is -2.04. The SMILES string of the molecule is COc1ccc(CCS(=O)c2ccccc2N)cc1. The quantitative estimate of drug-likeness (QED) is 0.853. The van der Waals surface area contributed by atoms with Crippen LogP contribution in [0.3, 0.4) is 0 Å². The van der Waals surface area contributed by atoms with Crippen LogP contribution in [0.15, 0.2) is 53.4 Å². The van der Waals surface area contributed by atoms with E-state index in [4.69, 9.17) is 10.5 Å². The van der Waals surface area contributed by atoms with Crippen LogP contribution in [-0.2, 0) is 17.2 Å². The molecule has 0 bridgehead atoms. The van der Waals surface area contributed by atoms with Crippen molar-refractivity contribution in [2.75, 3.05) is 18.6 Å². The number of nitrogen functional groups attached to an aromatic ring is 1. The van der Waals surface area contributed by atoms with Crippen LogP contribution in [0, 0.1) is 0 Å². The van der Waals surface area contributed by atoms with Crippen molar-refractivity contribution in [3.63, 3.8) is 0 Å². The number of benzene rings is 2. The molecule has 0 fully saturated rings. The summed E-state index contributed by atoms with van der Waals surface area (Å²) in [6.07, 6.45) is 0.755. The molecule has 19 heavy (non-hydrogen) atoms. The second-order valence-corrected chi connectivity index (χ2v) is 5.72. The summed E-state index contributed by atoms with van der Waals surface area (Å²) in [5.41, 5.74) is 7.55. The minimum Gasteiger partial charge on any atom is -0.497 e. The average molecular weight is 275 g/mol. The highest BCUT2D eigenvalue weighted by Gasteiger charge is 2.07. The number of hydrogen-bond donors (Lipinski definition) is 1.